The minimum atomic E-state index is -1.59. The van der Waals surface area contributed by atoms with E-state index in [0.29, 0.717) is 16.7 Å². The quantitative estimate of drug-likeness (QED) is 0.341. The topological polar surface area (TPSA) is 136 Å². The molecule has 2 heterocycles. The largest absolute Gasteiger partial charge is 0.488 e. The predicted molar refractivity (Wildman–Crippen MR) is 139 cm³/mol. The average Bonchev–Trinajstić information content (AvgIpc) is 2.87. The van der Waals surface area contributed by atoms with Crippen LogP contribution in [0.5, 0.6) is 12.0 Å². The van der Waals surface area contributed by atoms with Gasteiger partial charge in [-0.15, -0.1) is 0 Å². The van der Waals surface area contributed by atoms with Crippen LogP contribution in [0, 0.1) is 25.5 Å². The Kier molecular flexibility index (Phi) is 11.9. The first kappa shape index (κ1) is 31.0. The highest BCUT2D eigenvalue weighted by atomic mass is 35.5. The lowest BCUT2D eigenvalue weighted by Crippen LogP contribution is -2.30. The van der Waals surface area contributed by atoms with Crippen LogP contribution in [0.2, 0.25) is 15.9 Å². The monoisotopic (exact) mass is 586 g/mol. The molecule has 0 bridgehead atoms. The van der Waals surface area contributed by atoms with Crippen molar-refractivity contribution >= 4 is 47.4 Å². The molecule has 0 aliphatic heterocycles. The van der Waals surface area contributed by atoms with Crippen LogP contribution in [-0.4, -0.2) is 61.3 Å². The number of aryl methyl sites for hydroxylation is 2. The first-order chi connectivity index (χ1) is 17.9. The fourth-order valence-electron chi connectivity index (χ4n) is 2.45. The molecular formula is C22H20BCl3F2N6O4. The third-order valence-electron chi connectivity index (χ3n) is 4.44. The zero-order valence-electron chi connectivity index (χ0n) is 20.3. The Balaban J connectivity index is 0.000000211. The van der Waals surface area contributed by atoms with Crippen molar-refractivity contribution in [1.82, 2.24) is 29.9 Å². The van der Waals surface area contributed by atoms with E-state index in [9.17, 15) is 8.78 Å². The van der Waals surface area contributed by atoms with Crippen molar-refractivity contribution in [2.45, 2.75) is 13.8 Å². The molecule has 200 valence electrons. The van der Waals surface area contributed by atoms with Crippen molar-refractivity contribution < 1.29 is 28.3 Å². The molecule has 4 aromatic rings. The minimum absolute atomic E-state index is 0.00725. The number of rotatable bonds is 4. The standard InChI is InChI=1S/C11H9ClFN3O.C7H8BFO2.C4H3Cl2N3O/c1-6-3-4-7(5-8(6)13)9-14-10(12)16-11(15-9)17-2;1-5-2-3-6(8(10)11)4-7(5)9;1-10-4-8-2(5)7-3(6)9-4/h3-5H,1-2H3;2-4,10-11H,1H3;1H3. The molecule has 2 aromatic heterocycles. The summed E-state index contributed by atoms with van der Waals surface area (Å²) >= 11 is 16.5. The first-order valence-corrected chi connectivity index (χ1v) is 11.5. The van der Waals surface area contributed by atoms with Gasteiger partial charge in [0.05, 0.1) is 14.2 Å². The van der Waals surface area contributed by atoms with Gasteiger partial charge in [0.2, 0.25) is 15.9 Å². The van der Waals surface area contributed by atoms with Crippen LogP contribution < -0.4 is 14.9 Å². The van der Waals surface area contributed by atoms with E-state index < -0.39 is 12.9 Å². The Morgan fingerprint density at radius 1 is 0.684 bits per heavy atom. The Hall–Kier alpha value is -3.23. The average molecular weight is 588 g/mol. The molecule has 0 saturated carbocycles. The summed E-state index contributed by atoms with van der Waals surface area (Å²) in [5, 5.41) is 17.3. The van der Waals surface area contributed by atoms with E-state index in [-0.39, 0.29) is 45.0 Å². The molecule has 4 rings (SSSR count). The third kappa shape index (κ3) is 9.58. The molecule has 2 N–H and O–H groups in total. The second-order valence-corrected chi connectivity index (χ2v) is 8.14. The Bertz CT molecular complexity index is 1370. The molecule has 10 nitrogen and oxygen atoms in total. The van der Waals surface area contributed by atoms with Gasteiger partial charge >= 0.3 is 19.1 Å². The normalized spacial score (nSPS) is 9.97. The van der Waals surface area contributed by atoms with Crippen molar-refractivity contribution in [3.63, 3.8) is 0 Å². The van der Waals surface area contributed by atoms with E-state index in [4.69, 9.17) is 49.6 Å². The van der Waals surface area contributed by atoms with Gasteiger partial charge in [0.25, 0.3) is 0 Å². The molecular weight excluding hydrogens is 567 g/mol. The maximum Gasteiger partial charge on any atom is 0.488 e. The summed E-state index contributed by atoms with van der Waals surface area (Å²) in [6, 6.07) is 9.01. The predicted octanol–water partition coefficient (Wildman–Crippen LogP) is 3.65. The summed E-state index contributed by atoms with van der Waals surface area (Å²) in [4.78, 5) is 22.4. The molecule has 0 spiro atoms. The molecule has 0 aliphatic rings. The van der Waals surface area contributed by atoms with Gasteiger partial charge in [0.15, 0.2) is 5.82 Å². The minimum Gasteiger partial charge on any atom is -0.467 e. The first-order valence-electron chi connectivity index (χ1n) is 10.4. The second-order valence-electron chi connectivity index (χ2n) is 7.12. The number of hydrogen-bond acceptors (Lipinski definition) is 10. The summed E-state index contributed by atoms with van der Waals surface area (Å²) in [5.41, 5.74) is 1.75. The number of aromatic nitrogens is 6. The van der Waals surface area contributed by atoms with Gasteiger partial charge in [-0.25, -0.2) is 8.78 Å². The van der Waals surface area contributed by atoms with E-state index in [1.807, 2.05) is 0 Å². The van der Waals surface area contributed by atoms with Crippen LogP contribution in [0.25, 0.3) is 11.4 Å². The Morgan fingerprint density at radius 2 is 1.16 bits per heavy atom. The molecule has 0 radical (unpaired) electrons. The number of methoxy groups -OCH3 is 2. The summed E-state index contributed by atoms with van der Waals surface area (Å²) in [5.74, 6) is -0.464. The van der Waals surface area contributed by atoms with Crippen LogP contribution in [0.4, 0.5) is 8.78 Å². The van der Waals surface area contributed by atoms with Gasteiger partial charge in [0.1, 0.15) is 11.6 Å². The molecule has 2 aromatic carbocycles. The van der Waals surface area contributed by atoms with Gasteiger partial charge in [-0.3, -0.25) is 0 Å². The fraction of sp³-hybridized carbons (Fsp3) is 0.182. The Morgan fingerprint density at radius 3 is 1.63 bits per heavy atom. The molecule has 38 heavy (non-hydrogen) atoms. The third-order valence-corrected chi connectivity index (χ3v) is 4.94. The number of halogens is 5. The zero-order chi connectivity index (χ0) is 28.4. The lowest BCUT2D eigenvalue weighted by Gasteiger charge is -2.04. The van der Waals surface area contributed by atoms with Crippen molar-refractivity contribution in [3.8, 4) is 23.4 Å². The lowest BCUT2D eigenvalue weighted by molar-refractivity contribution is 0.378. The van der Waals surface area contributed by atoms with Crippen molar-refractivity contribution in [2.24, 2.45) is 0 Å². The van der Waals surface area contributed by atoms with Crippen molar-refractivity contribution in [2.75, 3.05) is 14.2 Å². The van der Waals surface area contributed by atoms with Crippen LogP contribution >= 0.6 is 34.8 Å². The van der Waals surface area contributed by atoms with E-state index in [2.05, 4.69) is 34.6 Å². The summed E-state index contributed by atoms with van der Waals surface area (Å²) < 4.78 is 35.6. The molecule has 0 unspecified atom stereocenters. The van der Waals surface area contributed by atoms with E-state index >= 15 is 0 Å². The number of nitrogens with zero attached hydrogens (tertiary/aromatic N) is 6. The van der Waals surface area contributed by atoms with Crippen LogP contribution in [-0.2, 0) is 0 Å². The highest BCUT2D eigenvalue weighted by Crippen LogP contribution is 2.21. The maximum atomic E-state index is 13.4. The van der Waals surface area contributed by atoms with Crippen molar-refractivity contribution in [1.29, 1.82) is 0 Å². The zero-order valence-corrected chi connectivity index (χ0v) is 22.6. The second kappa shape index (κ2) is 14.6. The molecule has 0 atom stereocenters. The summed E-state index contributed by atoms with van der Waals surface area (Å²) in [7, 11) is 1.25. The molecule has 16 heteroatoms. The Labute approximate surface area is 231 Å². The SMILES string of the molecule is COc1nc(Cl)nc(-c2ccc(C)c(F)c2)n1.COc1nc(Cl)nc(Cl)n1.Cc1ccc(B(O)O)cc1F. The molecule has 0 saturated heterocycles. The maximum absolute atomic E-state index is 13.4. The van der Waals surface area contributed by atoms with E-state index in [0.717, 1.165) is 6.07 Å². The van der Waals surface area contributed by atoms with Crippen LogP contribution in [0.1, 0.15) is 11.1 Å². The number of ether oxygens (including phenoxy) is 2. The number of benzene rings is 2. The van der Waals surface area contributed by atoms with Gasteiger partial charge in [0, 0.05) is 5.56 Å². The molecule has 0 fully saturated rings. The summed E-state index contributed by atoms with van der Waals surface area (Å²) in [6.07, 6.45) is 0. The van der Waals surface area contributed by atoms with E-state index in [1.165, 1.54) is 32.4 Å². The van der Waals surface area contributed by atoms with Crippen molar-refractivity contribution in [3.05, 3.63) is 75.0 Å². The molecule has 0 aliphatic carbocycles. The van der Waals surface area contributed by atoms with Crippen LogP contribution in [0.3, 0.4) is 0 Å². The van der Waals surface area contributed by atoms with Gasteiger partial charge < -0.3 is 19.5 Å². The van der Waals surface area contributed by atoms with Crippen LogP contribution in [0.15, 0.2) is 36.4 Å². The van der Waals surface area contributed by atoms with Gasteiger partial charge in [-0.05, 0) is 77.4 Å². The fourth-order valence-corrected chi connectivity index (χ4v) is 2.95. The lowest BCUT2D eigenvalue weighted by atomic mass is 9.80. The van der Waals surface area contributed by atoms with Gasteiger partial charge in [-0.1, -0.05) is 24.3 Å². The highest BCUT2D eigenvalue weighted by molar-refractivity contribution is 6.58. The molecule has 0 amide bonds. The number of hydrogen-bond donors (Lipinski definition) is 2. The summed E-state index contributed by atoms with van der Waals surface area (Å²) in [6.45, 7) is 3.29. The van der Waals surface area contributed by atoms with E-state index in [1.54, 1.807) is 26.0 Å². The van der Waals surface area contributed by atoms with Gasteiger partial charge in [-0.2, -0.15) is 29.9 Å². The highest BCUT2D eigenvalue weighted by Gasteiger charge is 2.12. The smallest absolute Gasteiger partial charge is 0.467 e.